The number of rotatable bonds is 2. The molecule has 2 rings (SSSR count). The van der Waals surface area contributed by atoms with Crippen LogP contribution >= 0.6 is 0 Å². The van der Waals surface area contributed by atoms with Crippen molar-refractivity contribution >= 4 is 11.8 Å². The summed E-state index contributed by atoms with van der Waals surface area (Å²) >= 11 is 0. The first-order chi connectivity index (χ1) is 9.13. The van der Waals surface area contributed by atoms with E-state index in [1.807, 2.05) is 0 Å². The molecule has 1 aromatic rings. The standard InChI is InChI=1S/C14H17FN2O2/c1-16-13(18)12-7-2-3-8-17(12)14(19)10-5-4-6-11(15)9-10/h4-6,9,12H,2-3,7-8H2,1H3,(H,16,18). The van der Waals surface area contributed by atoms with E-state index in [0.717, 1.165) is 12.8 Å². The molecule has 0 spiro atoms. The highest BCUT2D eigenvalue weighted by atomic mass is 19.1. The van der Waals surface area contributed by atoms with Gasteiger partial charge in [0.25, 0.3) is 5.91 Å². The van der Waals surface area contributed by atoms with Gasteiger partial charge in [0.15, 0.2) is 0 Å². The number of likely N-dealkylation sites (N-methyl/N-ethyl adjacent to an activating group) is 1. The summed E-state index contributed by atoms with van der Waals surface area (Å²) < 4.78 is 13.2. The minimum absolute atomic E-state index is 0.163. The number of carbonyl (C=O) groups excluding carboxylic acids is 2. The lowest BCUT2D eigenvalue weighted by Crippen LogP contribution is -2.51. The fourth-order valence-electron chi connectivity index (χ4n) is 2.40. The van der Waals surface area contributed by atoms with Crippen LogP contribution in [0.4, 0.5) is 4.39 Å². The molecule has 102 valence electrons. The van der Waals surface area contributed by atoms with Crippen molar-refractivity contribution in [1.82, 2.24) is 10.2 Å². The third kappa shape index (κ3) is 2.92. The molecule has 1 saturated heterocycles. The number of hydrogen-bond donors (Lipinski definition) is 1. The first-order valence-corrected chi connectivity index (χ1v) is 6.41. The molecule has 1 aliphatic heterocycles. The zero-order valence-corrected chi connectivity index (χ0v) is 10.9. The van der Waals surface area contributed by atoms with Crippen molar-refractivity contribution in [2.45, 2.75) is 25.3 Å². The summed E-state index contributed by atoms with van der Waals surface area (Å²) in [5.41, 5.74) is 0.288. The lowest BCUT2D eigenvalue weighted by atomic mass is 10.00. The van der Waals surface area contributed by atoms with Crippen LogP contribution in [0.15, 0.2) is 24.3 Å². The van der Waals surface area contributed by atoms with Gasteiger partial charge in [-0.2, -0.15) is 0 Å². The Labute approximate surface area is 111 Å². The molecule has 0 saturated carbocycles. The van der Waals surface area contributed by atoms with Crippen LogP contribution in [0.2, 0.25) is 0 Å². The molecule has 1 unspecified atom stereocenters. The molecular formula is C14H17FN2O2. The molecule has 1 atom stereocenters. The number of piperidine rings is 1. The largest absolute Gasteiger partial charge is 0.357 e. The molecule has 1 N–H and O–H groups in total. The van der Waals surface area contributed by atoms with E-state index in [0.29, 0.717) is 13.0 Å². The Morgan fingerprint density at radius 3 is 2.84 bits per heavy atom. The lowest BCUT2D eigenvalue weighted by molar-refractivity contribution is -0.126. The van der Waals surface area contributed by atoms with Crippen molar-refractivity contribution in [2.24, 2.45) is 0 Å². The third-order valence-electron chi connectivity index (χ3n) is 3.38. The van der Waals surface area contributed by atoms with Crippen LogP contribution in [0.5, 0.6) is 0 Å². The van der Waals surface area contributed by atoms with Gasteiger partial charge in [-0.3, -0.25) is 9.59 Å². The summed E-state index contributed by atoms with van der Waals surface area (Å²) in [6, 6.07) is 5.12. The molecule has 1 aliphatic rings. The first kappa shape index (κ1) is 13.5. The molecular weight excluding hydrogens is 247 g/mol. The maximum Gasteiger partial charge on any atom is 0.254 e. The smallest absolute Gasteiger partial charge is 0.254 e. The Bertz CT molecular complexity index is 490. The number of benzene rings is 1. The van der Waals surface area contributed by atoms with Gasteiger partial charge in [0.05, 0.1) is 0 Å². The van der Waals surface area contributed by atoms with Crippen molar-refractivity contribution in [1.29, 1.82) is 0 Å². The van der Waals surface area contributed by atoms with E-state index in [9.17, 15) is 14.0 Å². The van der Waals surface area contributed by atoms with Gasteiger partial charge in [-0.05, 0) is 37.5 Å². The van der Waals surface area contributed by atoms with E-state index < -0.39 is 11.9 Å². The van der Waals surface area contributed by atoms with Crippen LogP contribution in [0, 0.1) is 5.82 Å². The van der Waals surface area contributed by atoms with Crippen molar-refractivity contribution in [3.63, 3.8) is 0 Å². The average Bonchev–Trinajstić information content (AvgIpc) is 2.45. The van der Waals surface area contributed by atoms with Gasteiger partial charge in [-0.1, -0.05) is 6.07 Å². The first-order valence-electron chi connectivity index (χ1n) is 6.41. The van der Waals surface area contributed by atoms with E-state index in [2.05, 4.69) is 5.32 Å². The summed E-state index contributed by atoms with van der Waals surface area (Å²) in [5.74, 6) is -0.892. The zero-order chi connectivity index (χ0) is 13.8. The number of nitrogens with zero attached hydrogens (tertiary/aromatic N) is 1. The SMILES string of the molecule is CNC(=O)C1CCCCN1C(=O)c1cccc(F)c1. The Balaban J connectivity index is 2.22. The molecule has 1 aromatic carbocycles. The van der Waals surface area contributed by atoms with Gasteiger partial charge in [-0.15, -0.1) is 0 Å². The molecule has 1 fully saturated rings. The molecule has 5 heteroatoms. The quantitative estimate of drug-likeness (QED) is 0.881. The minimum atomic E-state index is -0.450. The van der Waals surface area contributed by atoms with Gasteiger partial charge >= 0.3 is 0 Å². The number of likely N-dealkylation sites (tertiary alicyclic amines) is 1. The average molecular weight is 264 g/mol. The van der Waals surface area contributed by atoms with Gasteiger partial charge in [0, 0.05) is 19.2 Å². The molecule has 0 radical (unpaired) electrons. The van der Waals surface area contributed by atoms with Crippen LogP contribution in [0.1, 0.15) is 29.6 Å². The predicted molar refractivity (Wildman–Crippen MR) is 69.1 cm³/mol. The second-order valence-corrected chi connectivity index (χ2v) is 4.63. The van der Waals surface area contributed by atoms with Crippen molar-refractivity contribution in [3.05, 3.63) is 35.6 Å². The Morgan fingerprint density at radius 1 is 1.37 bits per heavy atom. The maximum atomic E-state index is 13.2. The van der Waals surface area contributed by atoms with Crippen LogP contribution < -0.4 is 5.32 Å². The Kier molecular flexibility index (Phi) is 4.14. The summed E-state index contributed by atoms with van der Waals surface area (Å²) in [6.45, 7) is 0.535. The molecule has 4 nitrogen and oxygen atoms in total. The molecule has 0 bridgehead atoms. The van der Waals surface area contributed by atoms with E-state index in [1.165, 1.54) is 23.1 Å². The van der Waals surface area contributed by atoms with E-state index >= 15 is 0 Å². The highest BCUT2D eigenvalue weighted by molar-refractivity contribution is 5.97. The van der Waals surface area contributed by atoms with Gasteiger partial charge in [0.1, 0.15) is 11.9 Å². The van der Waals surface area contributed by atoms with E-state index in [-0.39, 0.29) is 17.4 Å². The van der Waals surface area contributed by atoms with Crippen molar-refractivity contribution in [2.75, 3.05) is 13.6 Å². The summed E-state index contributed by atoms with van der Waals surface area (Å²) in [5, 5.41) is 2.58. The third-order valence-corrected chi connectivity index (χ3v) is 3.38. The number of halogens is 1. The molecule has 2 amide bonds. The summed E-state index contributed by atoms with van der Waals surface area (Å²) in [7, 11) is 1.56. The van der Waals surface area contributed by atoms with Crippen LogP contribution in [0.25, 0.3) is 0 Å². The highest BCUT2D eigenvalue weighted by Gasteiger charge is 2.32. The lowest BCUT2D eigenvalue weighted by Gasteiger charge is -2.34. The topological polar surface area (TPSA) is 49.4 Å². The fourth-order valence-corrected chi connectivity index (χ4v) is 2.40. The van der Waals surface area contributed by atoms with Gasteiger partial charge < -0.3 is 10.2 Å². The Hall–Kier alpha value is -1.91. The normalized spacial score (nSPS) is 19.1. The van der Waals surface area contributed by atoms with Crippen LogP contribution in [-0.2, 0) is 4.79 Å². The van der Waals surface area contributed by atoms with Gasteiger partial charge in [0.2, 0.25) is 5.91 Å². The molecule has 19 heavy (non-hydrogen) atoms. The number of amides is 2. The Morgan fingerprint density at radius 2 is 2.16 bits per heavy atom. The number of hydrogen-bond acceptors (Lipinski definition) is 2. The maximum absolute atomic E-state index is 13.2. The summed E-state index contributed by atoms with van der Waals surface area (Å²) in [6.07, 6.45) is 2.44. The van der Waals surface area contributed by atoms with E-state index in [4.69, 9.17) is 0 Å². The zero-order valence-electron chi connectivity index (χ0n) is 10.9. The molecule has 0 aliphatic carbocycles. The van der Waals surface area contributed by atoms with Crippen LogP contribution in [0.3, 0.4) is 0 Å². The second kappa shape index (κ2) is 5.82. The predicted octanol–water partition coefficient (Wildman–Crippen LogP) is 1.57. The number of carbonyl (C=O) groups is 2. The molecule has 1 heterocycles. The van der Waals surface area contributed by atoms with Gasteiger partial charge in [-0.25, -0.2) is 4.39 Å². The van der Waals surface area contributed by atoms with Crippen LogP contribution in [-0.4, -0.2) is 36.3 Å². The fraction of sp³-hybridized carbons (Fsp3) is 0.429. The second-order valence-electron chi connectivity index (χ2n) is 4.63. The highest BCUT2D eigenvalue weighted by Crippen LogP contribution is 2.20. The molecule has 0 aromatic heterocycles. The monoisotopic (exact) mass is 264 g/mol. The van der Waals surface area contributed by atoms with E-state index in [1.54, 1.807) is 13.1 Å². The van der Waals surface area contributed by atoms with Crippen molar-refractivity contribution < 1.29 is 14.0 Å². The number of nitrogens with one attached hydrogen (secondary N) is 1. The summed E-state index contributed by atoms with van der Waals surface area (Å²) in [4.78, 5) is 25.7. The van der Waals surface area contributed by atoms with Crippen molar-refractivity contribution in [3.8, 4) is 0 Å². The minimum Gasteiger partial charge on any atom is -0.357 e.